The minimum atomic E-state index is 0. The summed E-state index contributed by atoms with van der Waals surface area (Å²) in [5, 5.41) is 8.37. The molecule has 3 aromatic rings. The molecule has 7 heteroatoms. The molecule has 0 amide bonds. The fraction of sp³-hybridized carbons (Fsp3) is 0.440. The summed E-state index contributed by atoms with van der Waals surface area (Å²) in [4.78, 5) is 15.3. The lowest BCUT2D eigenvalue weighted by Crippen LogP contribution is -2.49. The fourth-order valence-electron chi connectivity index (χ4n) is 4.33. The number of pyridine rings is 1. The number of halogens is 1. The first-order chi connectivity index (χ1) is 15.1. The minimum absolute atomic E-state index is 0. The van der Waals surface area contributed by atoms with Crippen molar-refractivity contribution in [3.8, 4) is 0 Å². The Morgan fingerprint density at radius 1 is 1.16 bits per heavy atom. The van der Waals surface area contributed by atoms with E-state index >= 15 is 0 Å². The molecule has 0 saturated carbocycles. The van der Waals surface area contributed by atoms with Gasteiger partial charge in [-0.05, 0) is 63.3 Å². The van der Waals surface area contributed by atoms with Crippen LogP contribution in [0, 0.1) is 13.8 Å². The number of nitrogens with zero attached hydrogens (tertiary/aromatic N) is 3. The molecular formula is C25H35IN6. The Hall–Kier alpha value is -2.29. The van der Waals surface area contributed by atoms with E-state index in [0.29, 0.717) is 6.04 Å². The van der Waals surface area contributed by atoms with Crippen molar-refractivity contribution in [2.75, 3.05) is 31.1 Å². The van der Waals surface area contributed by atoms with Crippen molar-refractivity contribution in [2.24, 2.45) is 4.99 Å². The number of aromatic nitrogens is 2. The predicted molar refractivity (Wildman–Crippen MR) is 145 cm³/mol. The van der Waals surface area contributed by atoms with Crippen molar-refractivity contribution in [3.05, 3.63) is 59.4 Å². The number of anilines is 1. The van der Waals surface area contributed by atoms with E-state index in [1.165, 1.54) is 22.0 Å². The molecule has 3 N–H and O–H groups in total. The van der Waals surface area contributed by atoms with Gasteiger partial charge in [0.05, 0.1) is 0 Å². The highest BCUT2D eigenvalue weighted by Crippen LogP contribution is 2.22. The maximum Gasteiger partial charge on any atom is 0.191 e. The van der Waals surface area contributed by atoms with Crippen LogP contribution in [0.1, 0.15) is 36.6 Å². The second-order valence-electron chi connectivity index (χ2n) is 8.36. The monoisotopic (exact) mass is 546 g/mol. The first-order valence-electron chi connectivity index (χ1n) is 11.4. The topological polar surface area (TPSA) is 68.3 Å². The van der Waals surface area contributed by atoms with Crippen molar-refractivity contribution >= 4 is 46.7 Å². The molecular weight excluding hydrogens is 511 g/mol. The summed E-state index contributed by atoms with van der Waals surface area (Å²) < 4.78 is 0. The highest BCUT2D eigenvalue weighted by molar-refractivity contribution is 14.0. The normalized spacial score (nSPS) is 15.0. The molecule has 32 heavy (non-hydrogen) atoms. The zero-order valence-corrected chi connectivity index (χ0v) is 21.6. The SMILES string of the molecule is CCNC(=NCCc1c[nH]c2c(C)cccc12)NC1CCN(c2cccc(C)n2)CC1.I. The van der Waals surface area contributed by atoms with E-state index in [-0.39, 0.29) is 24.0 Å². The molecule has 0 aliphatic carbocycles. The maximum atomic E-state index is 4.86. The molecule has 172 valence electrons. The Morgan fingerprint density at radius 2 is 1.94 bits per heavy atom. The van der Waals surface area contributed by atoms with Gasteiger partial charge in [0, 0.05) is 55.0 Å². The molecule has 2 aromatic heterocycles. The van der Waals surface area contributed by atoms with Crippen LogP contribution in [0.25, 0.3) is 10.9 Å². The number of piperidine rings is 1. The third kappa shape index (κ3) is 5.94. The number of hydrogen-bond acceptors (Lipinski definition) is 3. The van der Waals surface area contributed by atoms with E-state index in [0.717, 1.165) is 62.9 Å². The van der Waals surface area contributed by atoms with Crippen molar-refractivity contribution in [1.29, 1.82) is 0 Å². The zero-order valence-electron chi connectivity index (χ0n) is 19.3. The second-order valence-corrected chi connectivity index (χ2v) is 8.36. The van der Waals surface area contributed by atoms with Crippen LogP contribution in [0.3, 0.4) is 0 Å². The van der Waals surface area contributed by atoms with Gasteiger partial charge in [-0.15, -0.1) is 24.0 Å². The Morgan fingerprint density at radius 3 is 2.69 bits per heavy atom. The summed E-state index contributed by atoms with van der Waals surface area (Å²) >= 11 is 0. The number of H-pyrrole nitrogens is 1. The molecule has 0 unspecified atom stereocenters. The number of aromatic amines is 1. The summed E-state index contributed by atoms with van der Waals surface area (Å²) in [6.45, 7) is 9.98. The van der Waals surface area contributed by atoms with Gasteiger partial charge in [0.25, 0.3) is 0 Å². The van der Waals surface area contributed by atoms with Crippen molar-refractivity contribution < 1.29 is 0 Å². The van der Waals surface area contributed by atoms with Gasteiger partial charge in [0.1, 0.15) is 5.82 Å². The molecule has 6 nitrogen and oxygen atoms in total. The largest absolute Gasteiger partial charge is 0.361 e. The number of aryl methyl sites for hydroxylation is 2. The van der Waals surface area contributed by atoms with Crippen LogP contribution in [-0.4, -0.2) is 48.1 Å². The van der Waals surface area contributed by atoms with E-state index in [1.54, 1.807) is 0 Å². The van der Waals surface area contributed by atoms with E-state index in [2.05, 4.69) is 88.9 Å². The van der Waals surface area contributed by atoms with Gasteiger partial charge < -0.3 is 20.5 Å². The number of rotatable bonds is 6. The summed E-state index contributed by atoms with van der Waals surface area (Å²) in [6, 6.07) is 13.2. The first-order valence-corrected chi connectivity index (χ1v) is 11.4. The fourth-order valence-corrected chi connectivity index (χ4v) is 4.33. The number of hydrogen-bond donors (Lipinski definition) is 3. The average molecular weight is 547 g/mol. The molecule has 4 rings (SSSR count). The quantitative estimate of drug-likeness (QED) is 0.241. The van der Waals surface area contributed by atoms with Gasteiger partial charge in [0.15, 0.2) is 5.96 Å². The third-order valence-electron chi connectivity index (χ3n) is 6.04. The van der Waals surface area contributed by atoms with Crippen LogP contribution in [0.15, 0.2) is 47.6 Å². The van der Waals surface area contributed by atoms with E-state index in [4.69, 9.17) is 4.99 Å². The predicted octanol–water partition coefficient (Wildman–Crippen LogP) is 4.56. The lowest BCUT2D eigenvalue weighted by molar-refractivity contribution is 0.459. The van der Waals surface area contributed by atoms with Gasteiger partial charge in [0.2, 0.25) is 0 Å². The highest BCUT2D eigenvalue weighted by atomic mass is 127. The van der Waals surface area contributed by atoms with Crippen LogP contribution in [0.4, 0.5) is 5.82 Å². The highest BCUT2D eigenvalue weighted by Gasteiger charge is 2.21. The number of benzene rings is 1. The van der Waals surface area contributed by atoms with Crippen molar-refractivity contribution in [2.45, 2.75) is 46.1 Å². The van der Waals surface area contributed by atoms with Crippen LogP contribution >= 0.6 is 24.0 Å². The molecule has 1 aromatic carbocycles. The van der Waals surface area contributed by atoms with Crippen LogP contribution in [0.5, 0.6) is 0 Å². The Bertz CT molecular complexity index is 1040. The summed E-state index contributed by atoms with van der Waals surface area (Å²) in [6.07, 6.45) is 5.23. The average Bonchev–Trinajstić information content (AvgIpc) is 3.19. The summed E-state index contributed by atoms with van der Waals surface area (Å²) in [5.74, 6) is 2.01. The van der Waals surface area contributed by atoms with Gasteiger partial charge in [-0.25, -0.2) is 4.98 Å². The molecule has 0 bridgehead atoms. The Kier molecular flexibility index (Phi) is 8.78. The third-order valence-corrected chi connectivity index (χ3v) is 6.04. The first kappa shape index (κ1) is 24.4. The molecule has 0 atom stereocenters. The van der Waals surface area contributed by atoms with Gasteiger partial charge in [-0.3, -0.25) is 4.99 Å². The molecule has 1 fully saturated rings. The molecule has 0 spiro atoms. The molecule has 3 heterocycles. The summed E-state index contributed by atoms with van der Waals surface area (Å²) in [5.41, 5.74) is 4.93. The standard InChI is InChI=1S/C25H34N6.HI/c1-4-26-25(27-14-11-20-17-28-24-18(2)7-5-9-22(20)24)30-21-12-15-31(16-13-21)23-10-6-8-19(3)29-23;/h5-10,17,21,28H,4,11-16H2,1-3H3,(H2,26,27,30);1H. The smallest absolute Gasteiger partial charge is 0.191 e. The minimum Gasteiger partial charge on any atom is -0.361 e. The Balaban J connectivity index is 0.00000289. The van der Waals surface area contributed by atoms with Crippen molar-refractivity contribution in [1.82, 2.24) is 20.6 Å². The van der Waals surface area contributed by atoms with Gasteiger partial charge in [-0.1, -0.05) is 24.3 Å². The van der Waals surface area contributed by atoms with Gasteiger partial charge >= 0.3 is 0 Å². The van der Waals surface area contributed by atoms with Crippen LogP contribution in [-0.2, 0) is 6.42 Å². The van der Waals surface area contributed by atoms with E-state index < -0.39 is 0 Å². The van der Waals surface area contributed by atoms with Crippen LogP contribution < -0.4 is 15.5 Å². The lowest BCUT2D eigenvalue weighted by atomic mass is 10.1. The molecule has 0 radical (unpaired) electrons. The lowest BCUT2D eigenvalue weighted by Gasteiger charge is -2.34. The van der Waals surface area contributed by atoms with Crippen molar-refractivity contribution in [3.63, 3.8) is 0 Å². The number of para-hydroxylation sites is 1. The number of aliphatic imine (C=N–C) groups is 1. The number of guanidine groups is 1. The van der Waals surface area contributed by atoms with E-state index in [1.807, 2.05) is 0 Å². The Labute approximate surface area is 208 Å². The maximum absolute atomic E-state index is 4.86. The second kappa shape index (κ2) is 11.5. The summed E-state index contributed by atoms with van der Waals surface area (Å²) in [7, 11) is 0. The molecule has 1 saturated heterocycles. The van der Waals surface area contributed by atoms with E-state index in [9.17, 15) is 0 Å². The van der Waals surface area contributed by atoms with Gasteiger partial charge in [-0.2, -0.15) is 0 Å². The molecule has 1 aliphatic heterocycles. The zero-order chi connectivity index (χ0) is 21.6. The number of nitrogens with one attached hydrogen (secondary N) is 3. The molecule has 1 aliphatic rings. The number of fused-ring (bicyclic) bond motifs is 1. The van der Waals surface area contributed by atoms with Crippen LogP contribution in [0.2, 0.25) is 0 Å².